The van der Waals surface area contributed by atoms with Crippen molar-refractivity contribution >= 4 is 0 Å². The van der Waals surface area contributed by atoms with Gasteiger partial charge in [-0.3, -0.25) is 0 Å². The number of para-hydroxylation sites is 1. The number of methoxy groups -OCH3 is 1. The van der Waals surface area contributed by atoms with Crippen molar-refractivity contribution in [3.8, 4) is 5.75 Å². The first kappa shape index (κ1) is 14.0. The number of nitrogens with one attached hydrogen (secondary N) is 1. The van der Waals surface area contributed by atoms with E-state index in [0.29, 0.717) is 19.6 Å². The van der Waals surface area contributed by atoms with E-state index in [0.717, 1.165) is 11.3 Å². The summed E-state index contributed by atoms with van der Waals surface area (Å²) < 4.78 is 5.26. The third-order valence-electron chi connectivity index (χ3n) is 2.46. The van der Waals surface area contributed by atoms with Crippen LogP contribution in [0.3, 0.4) is 0 Å². The lowest BCUT2D eigenvalue weighted by Gasteiger charge is -2.16. The second-order valence-corrected chi connectivity index (χ2v) is 4.36. The van der Waals surface area contributed by atoms with Gasteiger partial charge in [-0.15, -0.1) is 0 Å². The van der Waals surface area contributed by atoms with E-state index in [-0.39, 0.29) is 6.10 Å². The molecule has 0 heterocycles. The van der Waals surface area contributed by atoms with Crippen LogP contribution in [-0.4, -0.2) is 50.4 Å². The zero-order valence-corrected chi connectivity index (χ0v) is 10.8. The summed E-state index contributed by atoms with van der Waals surface area (Å²) in [5.74, 6) is 0.877. The Balaban J connectivity index is 2.35. The highest BCUT2D eigenvalue weighted by Crippen LogP contribution is 2.16. The lowest BCUT2D eigenvalue weighted by atomic mass is 10.2. The standard InChI is InChI=1S/C13H22N2O2/c1-15(2)10-12(16)9-14-8-11-6-4-5-7-13(11)17-3/h4-7,12,14,16H,8-10H2,1-3H3. The number of nitrogens with zero attached hydrogens (tertiary/aromatic N) is 1. The van der Waals surface area contributed by atoms with E-state index in [1.807, 2.05) is 43.3 Å². The first-order valence-corrected chi connectivity index (χ1v) is 5.79. The summed E-state index contributed by atoms with van der Waals surface area (Å²) in [7, 11) is 5.56. The van der Waals surface area contributed by atoms with E-state index >= 15 is 0 Å². The van der Waals surface area contributed by atoms with E-state index in [1.165, 1.54) is 0 Å². The molecular weight excluding hydrogens is 216 g/mol. The summed E-state index contributed by atoms with van der Waals surface area (Å²) in [6.07, 6.45) is -0.347. The molecule has 17 heavy (non-hydrogen) atoms. The molecule has 0 aromatic heterocycles. The Kier molecular flexibility index (Phi) is 5.97. The second kappa shape index (κ2) is 7.27. The summed E-state index contributed by atoms with van der Waals surface area (Å²) in [6.45, 7) is 1.95. The number of likely N-dealkylation sites (N-methyl/N-ethyl adjacent to an activating group) is 1. The minimum Gasteiger partial charge on any atom is -0.496 e. The average molecular weight is 238 g/mol. The van der Waals surface area contributed by atoms with Crippen LogP contribution in [0.2, 0.25) is 0 Å². The lowest BCUT2D eigenvalue weighted by Crippen LogP contribution is -2.34. The molecule has 0 bridgehead atoms. The highest BCUT2D eigenvalue weighted by atomic mass is 16.5. The maximum atomic E-state index is 9.69. The molecule has 0 amide bonds. The molecule has 1 atom stereocenters. The topological polar surface area (TPSA) is 44.7 Å². The highest BCUT2D eigenvalue weighted by molar-refractivity contribution is 5.32. The smallest absolute Gasteiger partial charge is 0.123 e. The molecule has 1 rings (SSSR count). The Bertz CT molecular complexity index is 329. The molecule has 0 aliphatic rings. The normalized spacial score (nSPS) is 12.8. The van der Waals surface area contributed by atoms with Gasteiger partial charge in [0.05, 0.1) is 13.2 Å². The zero-order chi connectivity index (χ0) is 12.7. The van der Waals surface area contributed by atoms with Gasteiger partial charge in [-0.05, 0) is 20.2 Å². The molecule has 1 aromatic rings. The largest absolute Gasteiger partial charge is 0.496 e. The Hall–Kier alpha value is -1.10. The fraction of sp³-hybridized carbons (Fsp3) is 0.538. The third-order valence-corrected chi connectivity index (χ3v) is 2.46. The fourth-order valence-electron chi connectivity index (χ4n) is 1.71. The molecule has 4 heteroatoms. The van der Waals surface area contributed by atoms with Gasteiger partial charge in [0.2, 0.25) is 0 Å². The first-order valence-electron chi connectivity index (χ1n) is 5.79. The van der Waals surface area contributed by atoms with Crippen molar-refractivity contribution in [1.82, 2.24) is 10.2 Å². The molecule has 1 aromatic carbocycles. The van der Waals surface area contributed by atoms with Crippen molar-refractivity contribution in [2.45, 2.75) is 12.6 Å². The molecule has 0 spiro atoms. The van der Waals surface area contributed by atoms with Crippen molar-refractivity contribution in [2.75, 3.05) is 34.3 Å². The Morgan fingerprint density at radius 3 is 2.71 bits per heavy atom. The monoisotopic (exact) mass is 238 g/mol. The maximum Gasteiger partial charge on any atom is 0.123 e. The van der Waals surface area contributed by atoms with Gasteiger partial charge < -0.3 is 20.1 Å². The summed E-state index contributed by atoms with van der Waals surface area (Å²) in [6, 6.07) is 7.89. The average Bonchev–Trinajstić information content (AvgIpc) is 2.28. The van der Waals surface area contributed by atoms with Gasteiger partial charge in [-0.1, -0.05) is 18.2 Å². The number of rotatable bonds is 7. The second-order valence-electron chi connectivity index (χ2n) is 4.36. The van der Waals surface area contributed by atoms with E-state index in [1.54, 1.807) is 7.11 Å². The fourth-order valence-corrected chi connectivity index (χ4v) is 1.71. The number of hydrogen-bond acceptors (Lipinski definition) is 4. The van der Waals surface area contributed by atoms with Crippen molar-refractivity contribution < 1.29 is 9.84 Å². The van der Waals surface area contributed by atoms with Crippen LogP contribution in [0.15, 0.2) is 24.3 Å². The predicted molar refractivity (Wildman–Crippen MR) is 69.3 cm³/mol. The van der Waals surface area contributed by atoms with E-state index in [9.17, 15) is 5.11 Å². The van der Waals surface area contributed by atoms with Gasteiger partial charge >= 0.3 is 0 Å². The lowest BCUT2D eigenvalue weighted by molar-refractivity contribution is 0.134. The van der Waals surface area contributed by atoms with Crippen molar-refractivity contribution in [2.24, 2.45) is 0 Å². The van der Waals surface area contributed by atoms with Gasteiger partial charge in [-0.2, -0.15) is 0 Å². The molecule has 0 saturated heterocycles. The SMILES string of the molecule is COc1ccccc1CNCC(O)CN(C)C. The molecule has 1 unspecified atom stereocenters. The van der Waals surface area contributed by atoms with Crippen molar-refractivity contribution in [3.05, 3.63) is 29.8 Å². The molecule has 4 nitrogen and oxygen atoms in total. The maximum absolute atomic E-state index is 9.69. The van der Waals surface area contributed by atoms with E-state index in [4.69, 9.17) is 4.74 Å². The van der Waals surface area contributed by atoms with Crippen molar-refractivity contribution in [1.29, 1.82) is 0 Å². The van der Waals surface area contributed by atoms with Gasteiger partial charge in [0, 0.05) is 25.2 Å². The zero-order valence-electron chi connectivity index (χ0n) is 10.8. The van der Waals surface area contributed by atoms with Gasteiger partial charge in [0.15, 0.2) is 0 Å². The molecule has 96 valence electrons. The number of hydrogen-bond donors (Lipinski definition) is 2. The van der Waals surface area contributed by atoms with Crippen LogP contribution in [0, 0.1) is 0 Å². The van der Waals surface area contributed by atoms with Crippen LogP contribution < -0.4 is 10.1 Å². The van der Waals surface area contributed by atoms with Crippen LogP contribution in [0.4, 0.5) is 0 Å². The molecule has 2 N–H and O–H groups in total. The first-order chi connectivity index (χ1) is 8.13. The van der Waals surface area contributed by atoms with Crippen LogP contribution in [0.1, 0.15) is 5.56 Å². The minimum absolute atomic E-state index is 0.347. The van der Waals surface area contributed by atoms with E-state index < -0.39 is 0 Å². The minimum atomic E-state index is -0.347. The Morgan fingerprint density at radius 2 is 2.06 bits per heavy atom. The van der Waals surface area contributed by atoms with Crippen LogP contribution >= 0.6 is 0 Å². The number of ether oxygens (including phenoxy) is 1. The molecule has 0 radical (unpaired) electrons. The van der Waals surface area contributed by atoms with E-state index in [2.05, 4.69) is 5.32 Å². The summed E-state index contributed by atoms with van der Waals surface area (Å²) in [4.78, 5) is 1.97. The third kappa shape index (κ3) is 5.17. The number of aliphatic hydroxyl groups is 1. The van der Waals surface area contributed by atoms with Crippen LogP contribution in [0.5, 0.6) is 5.75 Å². The van der Waals surface area contributed by atoms with Crippen LogP contribution in [-0.2, 0) is 6.54 Å². The molecule has 0 fully saturated rings. The predicted octanol–water partition coefficient (Wildman–Crippen LogP) is 0.707. The molecular formula is C13H22N2O2. The summed E-state index contributed by atoms with van der Waals surface area (Å²) >= 11 is 0. The highest BCUT2D eigenvalue weighted by Gasteiger charge is 2.06. The summed E-state index contributed by atoms with van der Waals surface area (Å²) in [5, 5.41) is 12.9. The van der Waals surface area contributed by atoms with Gasteiger partial charge in [-0.25, -0.2) is 0 Å². The molecule has 0 aliphatic heterocycles. The van der Waals surface area contributed by atoms with Gasteiger partial charge in [0.1, 0.15) is 5.75 Å². The molecule has 0 aliphatic carbocycles. The van der Waals surface area contributed by atoms with Crippen LogP contribution in [0.25, 0.3) is 0 Å². The van der Waals surface area contributed by atoms with Crippen molar-refractivity contribution in [3.63, 3.8) is 0 Å². The summed E-state index contributed by atoms with van der Waals surface area (Å²) in [5.41, 5.74) is 1.10. The Labute approximate surface area is 103 Å². The number of aliphatic hydroxyl groups excluding tert-OH is 1. The molecule has 0 saturated carbocycles. The quantitative estimate of drug-likeness (QED) is 0.734. The number of benzene rings is 1. The Morgan fingerprint density at radius 1 is 1.35 bits per heavy atom. The van der Waals surface area contributed by atoms with Gasteiger partial charge in [0.25, 0.3) is 0 Å².